The number of benzene rings is 2. The number of amides is 2. The number of anilines is 2. The molecule has 0 fully saturated rings. The molecule has 0 aliphatic heterocycles. The number of hydrogen-bond acceptors (Lipinski definition) is 6. The second-order valence-corrected chi connectivity index (χ2v) is 8.05. The molecule has 0 atom stereocenters. The predicted octanol–water partition coefficient (Wildman–Crippen LogP) is 5.43. The lowest BCUT2D eigenvalue weighted by Crippen LogP contribution is -2.15. The normalized spacial score (nSPS) is 10.4. The van der Waals surface area contributed by atoms with Gasteiger partial charge in [-0.25, -0.2) is 4.98 Å². The maximum Gasteiger partial charge on any atom is 0.267 e. The molecule has 2 aromatic heterocycles. The third-order valence-electron chi connectivity index (χ3n) is 3.98. The van der Waals surface area contributed by atoms with E-state index in [9.17, 15) is 9.59 Å². The Labute approximate surface area is 181 Å². The summed E-state index contributed by atoms with van der Waals surface area (Å²) in [4.78, 5) is 29.3. The topological polar surface area (TPSA) is 80.3 Å². The van der Waals surface area contributed by atoms with Gasteiger partial charge in [-0.1, -0.05) is 24.3 Å². The van der Waals surface area contributed by atoms with Gasteiger partial charge in [0.15, 0.2) is 5.13 Å². The van der Waals surface area contributed by atoms with Crippen LogP contribution in [0, 0.1) is 0 Å². The molecule has 4 aromatic rings. The van der Waals surface area contributed by atoms with E-state index >= 15 is 0 Å². The van der Waals surface area contributed by atoms with E-state index < -0.39 is 0 Å². The van der Waals surface area contributed by atoms with Crippen LogP contribution in [-0.4, -0.2) is 16.8 Å². The van der Waals surface area contributed by atoms with Crippen LogP contribution in [0.25, 0.3) is 0 Å². The van der Waals surface area contributed by atoms with Gasteiger partial charge in [0, 0.05) is 11.1 Å². The van der Waals surface area contributed by atoms with E-state index in [4.69, 9.17) is 4.74 Å². The Kier molecular flexibility index (Phi) is 6.17. The lowest BCUT2D eigenvalue weighted by Gasteiger charge is -2.07. The number of aromatic nitrogens is 1. The average Bonchev–Trinajstić information content (AvgIpc) is 3.43. The van der Waals surface area contributed by atoms with E-state index in [1.807, 2.05) is 41.8 Å². The van der Waals surface area contributed by atoms with Gasteiger partial charge in [0.25, 0.3) is 5.91 Å². The van der Waals surface area contributed by atoms with Crippen molar-refractivity contribution in [3.63, 3.8) is 0 Å². The summed E-state index contributed by atoms with van der Waals surface area (Å²) in [5, 5.41) is 9.66. The van der Waals surface area contributed by atoms with Crippen molar-refractivity contribution in [3.8, 4) is 11.5 Å². The fourth-order valence-electron chi connectivity index (χ4n) is 2.61. The van der Waals surface area contributed by atoms with Crippen molar-refractivity contribution in [3.05, 3.63) is 88.1 Å². The van der Waals surface area contributed by atoms with Gasteiger partial charge >= 0.3 is 0 Å². The Morgan fingerprint density at radius 3 is 2.37 bits per heavy atom. The van der Waals surface area contributed by atoms with Gasteiger partial charge in [-0.05, 0) is 47.8 Å². The Bertz CT molecular complexity index is 1120. The Morgan fingerprint density at radius 1 is 0.867 bits per heavy atom. The fraction of sp³-hybridized carbons (Fsp3) is 0.0455. The Balaban J connectivity index is 1.29. The molecule has 0 aliphatic carbocycles. The molecule has 0 radical (unpaired) electrons. The van der Waals surface area contributed by atoms with E-state index in [1.54, 1.807) is 35.7 Å². The van der Waals surface area contributed by atoms with E-state index in [1.165, 1.54) is 22.7 Å². The summed E-state index contributed by atoms with van der Waals surface area (Å²) in [7, 11) is 0. The third-order valence-corrected chi connectivity index (χ3v) is 5.65. The minimum Gasteiger partial charge on any atom is -0.457 e. The Morgan fingerprint density at radius 2 is 1.63 bits per heavy atom. The zero-order chi connectivity index (χ0) is 20.8. The molecular weight excluding hydrogens is 418 g/mol. The number of hydrogen-bond donors (Lipinski definition) is 2. The zero-order valence-corrected chi connectivity index (χ0v) is 17.3. The molecule has 2 N–H and O–H groups in total. The molecule has 0 saturated carbocycles. The standard InChI is InChI=1S/C22H17N3O3S2/c26-20(13-16-14-30-22(24-16)25-21(27)19-7-4-12-29-19)23-15-8-10-18(11-9-15)28-17-5-2-1-3-6-17/h1-12,14H,13H2,(H,23,26)(H,24,25,27). The maximum atomic E-state index is 12.3. The van der Waals surface area contributed by atoms with Crippen molar-refractivity contribution in [2.24, 2.45) is 0 Å². The number of rotatable bonds is 7. The second kappa shape index (κ2) is 9.34. The van der Waals surface area contributed by atoms with E-state index in [0.29, 0.717) is 27.1 Å². The van der Waals surface area contributed by atoms with Crippen molar-refractivity contribution in [1.29, 1.82) is 0 Å². The van der Waals surface area contributed by atoms with Gasteiger partial charge in [0.1, 0.15) is 11.5 Å². The molecule has 0 saturated heterocycles. The third kappa shape index (κ3) is 5.31. The first kappa shape index (κ1) is 19.8. The molecule has 6 nitrogen and oxygen atoms in total. The molecule has 0 bridgehead atoms. The zero-order valence-electron chi connectivity index (χ0n) is 15.7. The maximum absolute atomic E-state index is 12.3. The Hall–Kier alpha value is -3.49. The summed E-state index contributed by atoms with van der Waals surface area (Å²) < 4.78 is 5.74. The fourth-order valence-corrected chi connectivity index (χ4v) is 3.94. The van der Waals surface area contributed by atoms with Gasteiger partial charge in [-0.2, -0.15) is 0 Å². The van der Waals surface area contributed by atoms with Gasteiger partial charge in [-0.3, -0.25) is 14.9 Å². The highest BCUT2D eigenvalue weighted by molar-refractivity contribution is 7.14. The molecule has 2 amide bonds. The molecule has 8 heteroatoms. The number of ether oxygens (including phenoxy) is 1. The first-order valence-electron chi connectivity index (χ1n) is 9.08. The van der Waals surface area contributed by atoms with Crippen LogP contribution in [0.15, 0.2) is 77.5 Å². The van der Waals surface area contributed by atoms with Crippen LogP contribution in [-0.2, 0) is 11.2 Å². The molecule has 4 rings (SSSR count). The molecular formula is C22H17N3O3S2. The van der Waals surface area contributed by atoms with Crippen LogP contribution < -0.4 is 15.4 Å². The lowest BCUT2D eigenvalue weighted by molar-refractivity contribution is -0.115. The lowest BCUT2D eigenvalue weighted by atomic mass is 10.2. The highest BCUT2D eigenvalue weighted by Gasteiger charge is 2.12. The monoisotopic (exact) mass is 435 g/mol. The van der Waals surface area contributed by atoms with Crippen molar-refractivity contribution in [2.75, 3.05) is 10.6 Å². The molecule has 150 valence electrons. The van der Waals surface area contributed by atoms with Crippen molar-refractivity contribution < 1.29 is 14.3 Å². The first-order chi connectivity index (χ1) is 14.7. The highest BCUT2D eigenvalue weighted by atomic mass is 32.1. The first-order valence-corrected chi connectivity index (χ1v) is 10.8. The number of nitrogens with one attached hydrogen (secondary N) is 2. The summed E-state index contributed by atoms with van der Waals surface area (Å²) in [6, 6.07) is 20.2. The minimum atomic E-state index is -0.201. The summed E-state index contributed by atoms with van der Waals surface area (Å²) in [5.74, 6) is 1.05. The van der Waals surface area contributed by atoms with Crippen LogP contribution in [0.2, 0.25) is 0 Å². The molecule has 0 spiro atoms. The van der Waals surface area contributed by atoms with E-state index in [0.717, 1.165) is 5.75 Å². The smallest absolute Gasteiger partial charge is 0.267 e. The highest BCUT2D eigenvalue weighted by Crippen LogP contribution is 2.23. The SMILES string of the molecule is O=C(Cc1csc(NC(=O)c2cccs2)n1)Nc1ccc(Oc2ccccc2)cc1. The van der Waals surface area contributed by atoms with Gasteiger partial charge in [-0.15, -0.1) is 22.7 Å². The van der Waals surface area contributed by atoms with Crippen LogP contribution >= 0.6 is 22.7 Å². The van der Waals surface area contributed by atoms with Crippen LogP contribution in [0.4, 0.5) is 10.8 Å². The number of nitrogens with zero attached hydrogens (tertiary/aromatic N) is 1. The number of para-hydroxylation sites is 1. The van der Waals surface area contributed by atoms with Crippen LogP contribution in [0.5, 0.6) is 11.5 Å². The largest absolute Gasteiger partial charge is 0.457 e. The summed E-state index contributed by atoms with van der Waals surface area (Å²) >= 11 is 2.65. The van der Waals surface area contributed by atoms with E-state index in [2.05, 4.69) is 15.6 Å². The van der Waals surface area contributed by atoms with Gasteiger partial charge in [0.05, 0.1) is 17.0 Å². The summed E-state index contributed by atoms with van der Waals surface area (Å²) in [5.41, 5.74) is 1.27. The molecule has 0 aliphatic rings. The van der Waals surface area contributed by atoms with Crippen molar-refractivity contribution >= 4 is 45.3 Å². The summed E-state index contributed by atoms with van der Waals surface area (Å²) in [6.07, 6.45) is 0.119. The quantitative estimate of drug-likeness (QED) is 0.406. The molecule has 30 heavy (non-hydrogen) atoms. The van der Waals surface area contributed by atoms with Crippen LogP contribution in [0.3, 0.4) is 0 Å². The second-order valence-electron chi connectivity index (χ2n) is 6.24. The molecule has 2 heterocycles. The van der Waals surface area contributed by atoms with Gasteiger partial charge < -0.3 is 10.1 Å². The predicted molar refractivity (Wildman–Crippen MR) is 120 cm³/mol. The number of carbonyl (C=O) groups is 2. The van der Waals surface area contributed by atoms with Crippen LogP contribution in [0.1, 0.15) is 15.4 Å². The number of carbonyl (C=O) groups excluding carboxylic acids is 2. The minimum absolute atomic E-state index is 0.119. The molecule has 2 aromatic carbocycles. The summed E-state index contributed by atoms with van der Waals surface area (Å²) in [6.45, 7) is 0. The van der Waals surface area contributed by atoms with Gasteiger partial charge in [0.2, 0.25) is 5.91 Å². The number of thiophene rings is 1. The number of thiazole rings is 1. The average molecular weight is 436 g/mol. The molecule has 0 unspecified atom stereocenters. The van der Waals surface area contributed by atoms with E-state index in [-0.39, 0.29) is 18.2 Å². The van der Waals surface area contributed by atoms with Crippen molar-refractivity contribution in [2.45, 2.75) is 6.42 Å². The van der Waals surface area contributed by atoms with Crippen molar-refractivity contribution in [1.82, 2.24) is 4.98 Å².